The van der Waals surface area contributed by atoms with Gasteiger partial charge >= 0.3 is 12.2 Å². The fourth-order valence-corrected chi connectivity index (χ4v) is 6.83. The van der Waals surface area contributed by atoms with Crippen LogP contribution in [0, 0.1) is 16.7 Å². The normalized spacial score (nSPS) is 12.5. The third-order valence-electron chi connectivity index (χ3n) is 7.61. The average Bonchev–Trinajstić information content (AvgIpc) is 2.86. The molecule has 0 radical (unpaired) electrons. The molecule has 0 aromatic heterocycles. The first-order valence-electron chi connectivity index (χ1n) is 16.8. The number of unbranched alkanes of at least 4 members (excludes halogenated alkanes) is 3. The Morgan fingerprint density at radius 2 is 0.891 bits per heavy atom. The molecule has 0 unspecified atom stereocenters. The molecule has 0 rings (SSSR count). The highest BCUT2D eigenvalue weighted by Gasteiger charge is 2.48. The number of imide groups is 1. The molecule has 0 aromatic carbocycles. The van der Waals surface area contributed by atoms with Crippen molar-refractivity contribution in [2.45, 2.75) is 164 Å². The van der Waals surface area contributed by atoms with Crippen LogP contribution in [0.1, 0.15) is 153 Å². The summed E-state index contributed by atoms with van der Waals surface area (Å²) in [6.45, 7) is 20.9. The van der Waals surface area contributed by atoms with E-state index in [9.17, 15) is 28.8 Å². The van der Waals surface area contributed by atoms with Crippen LogP contribution < -0.4 is 0 Å². The molecule has 0 aliphatic heterocycles. The van der Waals surface area contributed by atoms with E-state index in [-0.39, 0.29) is 91.4 Å². The van der Waals surface area contributed by atoms with Crippen LogP contribution in [0.4, 0.5) is 9.59 Å². The number of hydrogen-bond donors (Lipinski definition) is 0. The van der Waals surface area contributed by atoms with Gasteiger partial charge in [0.1, 0.15) is 34.3 Å². The molecule has 0 spiro atoms. The van der Waals surface area contributed by atoms with Crippen LogP contribution in [0.5, 0.6) is 0 Å². The molecular formula is C36H62ClNO8. The maximum atomic E-state index is 13.4. The maximum absolute atomic E-state index is 13.4. The summed E-state index contributed by atoms with van der Waals surface area (Å²) >= 11 is 5.65. The second-order valence-electron chi connectivity index (χ2n) is 16.0. The van der Waals surface area contributed by atoms with Crippen LogP contribution in [0.2, 0.25) is 0 Å². The number of carbonyl (C=O) groups excluding carboxylic acids is 6. The van der Waals surface area contributed by atoms with Crippen LogP contribution in [0.25, 0.3) is 0 Å². The van der Waals surface area contributed by atoms with Crippen molar-refractivity contribution in [2.75, 3.05) is 12.4 Å². The molecule has 0 N–H and O–H groups in total. The minimum Gasteiger partial charge on any atom is -0.443 e. The fourth-order valence-electron chi connectivity index (χ4n) is 6.64. The van der Waals surface area contributed by atoms with E-state index in [4.69, 9.17) is 21.1 Å². The Morgan fingerprint density at radius 3 is 1.28 bits per heavy atom. The Bertz CT molecular complexity index is 1020. The molecule has 9 nitrogen and oxygen atoms in total. The number of halogens is 1. The van der Waals surface area contributed by atoms with Crippen molar-refractivity contribution in [2.24, 2.45) is 16.7 Å². The van der Waals surface area contributed by atoms with Crippen molar-refractivity contribution in [1.29, 1.82) is 0 Å². The lowest BCUT2D eigenvalue weighted by molar-refractivity contribution is -0.127. The quantitative estimate of drug-likeness (QED) is 0.0927. The van der Waals surface area contributed by atoms with Crippen molar-refractivity contribution in [3.05, 3.63) is 0 Å². The summed E-state index contributed by atoms with van der Waals surface area (Å²) in [6.07, 6.45) is 2.34. The van der Waals surface area contributed by atoms with Crippen molar-refractivity contribution in [1.82, 2.24) is 4.90 Å². The predicted octanol–water partition coefficient (Wildman–Crippen LogP) is 9.04. The number of rotatable bonds is 20. The first-order valence-corrected chi connectivity index (χ1v) is 17.3. The Morgan fingerprint density at radius 1 is 0.522 bits per heavy atom. The monoisotopic (exact) mass is 671 g/mol. The predicted molar refractivity (Wildman–Crippen MR) is 182 cm³/mol. The molecule has 0 bridgehead atoms. The molecule has 46 heavy (non-hydrogen) atoms. The van der Waals surface area contributed by atoms with Gasteiger partial charge in [-0.2, -0.15) is 0 Å². The van der Waals surface area contributed by atoms with Crippen molar-refractivity contribution < 1.29 is 38.2 Å². The maximum Gasteiger partial charge on any atom is 0.419 e. The lowest BCUT2D eigenvalue weighted by Gasteiger charge is -2.49. The third kappa shape index (κ3) is 18.8. The van der Waals surface area contributed by atoms with Crippen LogP contribution >= 0.6 is 11.6 Å². The summed E-state index contributed by atoms with van der Waals surface area (Å²) in [5, 5.41) is 0. The number of ketones is 4. The number of Topliss-reactive ketones (excluding diaryl/α,β-unsaturated/α-hetero) is 4. The van der Waals surface area contributed by atoms with Gasteiger partial charge in [0.25, 0.3) is 0 Å². The summed E-state index contributed by atoms with van der Waals surface area (Å²) in [4.78, 5) is 76.5. The molecule has 10 heteroatoms. The highest BCUT2D eigenvalue weighted by molar-refractivity contribution is 6.17. The highest BCUT2D eigenvalue weighted by Crippen LogP contribution is 2.48. The Hall–Kier alpha value is -2.29. The zero-order chi connectivity index (χ0) is 35.9. The lowest BCUT2D eigenvalue weighted by Crippen LogP contribution is -2.52. The molecule has 2 amide bonds. The molecule has 0 saturated heterocycles. The van der Waals surface area contributed by atoms with Crippen molar-refractivity contribution in [3.63, 3.8) is 0 Å². The molecule has 0 saturated carbocycles. The van der Waals surface area contributed by atoms with Crippen LogP contribution in [0.15, 0.2) is 0 Å². The minimum atomic E-state index is -0.959. The topological polar surface area (TPSA) is 124 Å². The molecule has 0 aromatic rings. The van der Waals surface area contributed by atoms with Gasteiger partial charge in [-0.3, -0.25) is 19.2 Å². The Labute approximate surface area is 283 Å². The van der Waals surface area contributed by atoms with Gasteiger partial charge in [0.2, 0.25) is 0 Å². The zero-order valence-electron chi connectivity index (χ0n) is 30.6. The lowest BCUT2D eigenvalue weighted by atomic mass is 9.60. The molecule has 0 atom stereocenters. The van der Waals surface area contributed by atoms with Gasteiger partial charge in [-0.1, -0.05) is 54.4 Å². The number of ether oxygens (including phenoxy) is 2. The highest BCUT2D eigenvalue weighted by atomic mass is 35.5. The minimum absolute atomic E-state index is 0.00684. The van der Waals surface area contributed by atoms with E-state index in [0.29, 0.717) is 12.3 Å². The van der Waals surface area contributed by atoms with Crippen LogP contribution in [-0.4, -0.2) is 63.8 Å². The van der Waals surface area contributed by atoms with E-state index in [1.807, 2.05) is 13.8 Å². The standard InChI is InChI=1S/C36H62ClNO8/c1-33(2,3)30(34(4,5)6)36(10,11)46-32(44)38(31(43)45-35(7,8)9)25-23-29(42)22-21-28(41)20-19-27(40)18-17-26(39)16-14-12-13-15-24-37/h30H,12-25H2,1-11H3. The van der Waals surface area contributed by atoms with E-state index in [1.165, 1.54) is 0 Å². The fraction of sp³-hybridized carbons (Fsp3) is 0.833. The summed E-state index contributed by atoms with van der Waals surface area (Å²) in [7, 11) is 0. The van der Waals surface area contributed by atoms with E-state index in [0.717, 1.165) is 30.6 Å². The summed E-state index contributed by atoms with van der Waals surface area (Å²) in [5.41, 5.74) is -2.30. The van der Waals surface area contributed by atoms with Crippen LogP contribution in [-0.2, 0) is 28.7 Å². The number of hydrogen-bond acceptors (Lipinski definition) is 8. The molecule has 266 valence electrons. The van der Waals surface area contributed by atoms with E-state index >= 15 is 0 Å². The summed E-state index contributed by atoms with van der Waals surface area (Å²) in [5.74, 6) is -0.106. The zero-order valence-corrected chi connectivity index (χ0v) is 31.3. The van der Waals surface area contributed by atoms with Gasteiger partial charge in [0.15, 0.2) is 0 Å². The van der Waals surface area contributed by atoms with E-state index < -0.39 is 23.4 Å². The first kappa shape index (κ1) is 43.7. The van der Waals surface area contributed by atoms with Crippen molar-refractivity contribution in [3.8, 4) is 0 Å². The van der Waals surface area contributed by atoms with Crippen LogP contribution in [0.3, 0.4) is 0 Å². The number of amides is 2. The molecule has 0 aliphatic carbocycles. The first-order chi connectivity index (χ1) is 20.9. The number of alkyl halides is 1. The van der Waals surface area contributed by atoms with Gasteiger partial charge in [0.05, 0.1) is 0 Å². The second-order valence-corrected chi connectivity index (χ2v) is 16.4. The number of carbonyl (C=O) groups is 6. The van der Waals surface area contributed by atoms with E-state index in [2.05, 4.69) is 41.5 Å². The largest absolute Gasteiger partial charge is 0.443 e. The summed E-state index contributed by atoms with van der Waals surface area (Å²) in [6, 6.07) is 0. The third-order valence-corrected chi connectivity index (χ3v) is 7.88. The van der Waals surface area contributed by atoms with E-state index in [1.54, 1.807) is 20.8 Å². The molecular weight excluding hydrogens is 610 g/mol. The Balaban J connectivity index is 5.06. The van der Waals surface area contributed by atoms with Gasteiger partial charge < -0.3 is 9.47 Å². The van der Waals surface area contributed by atoms with Gasteiger partial charge in [-0.15, -0.1) is 11.6 Å². The average molecular weight is 672 g/mol. The number of nitrogens with zero attached hydrogens (tertiary/aromatic N) is 1. The van der Waals surface area contributed by atoms with Gasteiger partial charge in [-0.05, 0) is 58.3 Å². The van der Waals surface area contributed by atoms with Gasteiger partial charge in [-0.25, -0.2) is 14.5 Å². The summed E-state index contributed by atoms with van der Waals surface area (Å²) < 4.78 is 11.4. The Kier molecular flexibility index (Phi) is 18.5. The van der Waals surface area contributed by atoms with Gasteiger partial charge in [0, 0.05) is 69.7 Å². The molecule has 0 fully saturated rings. The smallest absolute Gasteiger partial charge is 0.419 e. The molecule has 0 heterocycles. The SMILES string of the molecule is CC(C)(C)OC(=O)N(CCC(=O)CCC(=O)CCC(=O)CCC(=O)CCCCCCCl)C(=O)OC(C)(C)C(C(C)(C)C)C(C)(C)C. The second kappa shape index (κ2) is 19.5. The van der Waals surface area contributed by atoms with Crippen molar-refractivity contribution >= 4 is 46.9 Å². The molecule has 0 aliphatic rings.